The van der Waals surface area contributed by atoms with Gasteiger partial charge in [-0.1, -0.05) is 6.07 Å². The third kappa shape index (κ3) is 2.22. The predicted octanol–water partition coefficient (Wildman–Crippen LogP) is 2.74. The van der Waals surface area contributed by atoms with Gasteiger partial charge in [0.15, 0.2) is 23.0 Å². The van der Waals surface area contributed by atoms with E-state index in [0.29, 0.717) is 6.92 Å². The van der Waals surface area contributed by atoms with Crippen molar-refractivity contribution in [3.8, 4) is 0 Å². The van der Waals surface area contributed by atoms with E-state index >= 15 is 0 Å². The summed E-state index contributed by atoms with van der Waals surface area (Å²) in [5.41, 5.74) is 0.465. The number of rotatable bonds is 2. The van der Waals surface area contributed by atoms with Gasteiger partial charge >= 0.3 is 6.18 Å². The fourth-order valence-corrected chi connectivity index (χ4v) is 1.23. The van der Waals surface area contributed by atoms with E-state index < -0.39 is 34.7 Å². The quantitative estimate of drug-likeness (QED) is 0.661. The molecule has 0 spiro atoms. The Morgan fingerprint density at radius 3 is 2.11 bits per heavy atom. The zero-order valence-electron chi connectivity index (χ0n) is 9.53. The molecule has 0 amide bonds. The number of carbonyl (C=O) groups is 1. The maximum Gasteiger partial charge on any atom is 0.413 e. The van der Waals surface area contributed by atoms with Crippen LogP contribution in [0.25, 0.3) is 0 Å². The number of hydrogen-bond acceptors (Lipinski definition) is 2. The van der Waals surface area contributed by atoms with Crippen molar-refractivity contribution in [2.75, 3.05) is 0 Å². The molecule has 0 aliphatic carbocycles. The molecule has 1 unspecified atom stereocenters. The summed E-state index contributed by atoms with van der Waals surface area (Å²) in [6, 6.07) is 1.80. The van der Waals surface area contributed by atoms with Crippen LogP contribution in [0.2, 0.25) is 0 Å². The molecule has 100 valence electrons. The highest BCUT2D eigenvalue weighted by Crippen LogP contribution is 2.32. The van der Waals surface area contributed by atoms with Crippen LogP contribution >= 0.6 is 0 Å². The second kappa shape index (κ2) is 4.31. The molecule has 1 aromatic rings. The van der Waals surface area contributed by atoms with Crippen LogP contribution in [0.1, 0.15) is 22.8 Å². The average molecular weight is 267 g/mol. The van der Waals surface area contributed by atoms with Crippen LogP contribution < -0.4 is 5.73 Å². The predicted molar refractivity (Wildman–Crippen MR) is 54.1 cm³/mol. The summed E-state index contributed by atoms with van der Waals surface area (Å²) in [6.07, 6.45) is -5.06. The number of nitrogens with two attached hydrogens (primary N) is 1. The van der Waals surface area contributed by atoms with Gasteiger partial charge in [-0.2, -0.15) is 13.2 Å². The van der Waals surface area contributed by atoms with Crippen molar-refractivity contribution in [2.45, 2.75) is 25.6 Å². The van der Waals surface area contributed by atoms with Crippen molar-refractivity contribution in [3.63, 3.8) is 0 Å². The van der Waals surface area contributed by atoms with Gasteiger partial charge in [0.05, 0.1) is 5.56 Å². The fourth-order valence-electron chi connectivity index (χ4n) is 1.23. The van der Waals surface area contributed by atoms with E-state index in [1.54, 1.807) is 0 Å². The molecule has 1 aromatic carbocycles. The first-order valence-corrected chi connectivity index (χ1v) is 4.85. The molecule has 1 atom stereocenters. The molecule has 0 saturated heterocycles. The largest absolute Gasteiger partial charge is 0.413 e. The van der Waals surface area contributed by atoms with Crippen molar-refractivity contribution in [1.82, 2.24) is 0 Å². The lowest BCUT2D eigenvalue weighted by atomic mass is 9.90. The maximum absolute atomic E-state index is 13.4. The second-order valence-corrected chi connectivity index (χ2v) is 4.09. The number of aryl methyl sites for hydroxylation is 1. The van der Waals surface area contributed by atoms with Gasteiger partial charge in [-0.15, -0.1) is 0 Å². The molecule has 0 bridgehead atoms. The molecular formula is C11H10F5NO. The zero-order valence-corrected chi connectivity index (χ0v) is 9.53. The Balaban J connectivity index is 3.33. The van der Waals surface area contributed by atoms with Crippen molar-refractivity contribution in [3.05, 3.63) is 34.9 Å². The van der Waals surface area contributed by atoms with Gasteiger partial charge in [0.2, 0.25) is 0 Å². The Kier molecular flexibility index (Phi) is 3.49. The second-order valence-electron chi connectivity index (χ2n) is 4.09. The van der Waals surface area contributed by atoms with Gasteiger partial charge in [-0.05, 0) is 25.5 Å². The normalized spacial score (nSPS) is 15.3. The van der Waals surface area contributed by atoms with Crippen molar-refractivity contribution < 1.29 is 26.7 Å². The van der Waals surface area contributed by atoms with E-state index in [1.165, 1.54) is 6.92 Å². The standard InChI is InChI=1S/C11H10F5NO/c1-5-3-4-6(8(13)7(5)12)9(18)10(2,17)11(14,15)16/h3-4H,17H2,1-2H3. The first-order chi connectivity index (χ1) is 8.00. The molecule has 0 aromatic heterocycles. The lowest BCUT2D eigenvalue weighted by molar-refractivity contribution is -0.165. The Morgan fingerprint density at radius 1 is 1.17 bits per heavy atom. The minimum atomic E-state index is -5.06. The number of alkyl halides is 3. The Bertz CT molecular complexity index is 493. The van der Waals surface area contributed by atoms with E-state index in [-0.39, 0.29) is 5.56 Å². The van der Waals surface area contributed by atoms with Gasteiger partial charge < -0.3 is 5.73 Å². The maximum atomic E-state index is 13.4. The Labute approximate surface area is 99.6 Å². The highest BCUT2D eigenvalue weighted by molar-refractivity contribution is 6.03. The van der Waals surface area contributed by atoms with Crippen LogP contribution in [0.5, 0.6) is 0 Å². The molecule has 18 heavy (non-hydrogen) atoms. The number of carbonyl (C=O) groups excluding carboxylic acids is 1. The highest BCUT2D eigenvalue weighted by atomic mass is 19.4. The van der Waals surface area contributed by atoms with Crippen LogP contribution in [0.3, 0.4) is 0 Å². The molecule has 0 aliphatic heterocycles. The fraction of sp³-hybridized carbons (Fsp3) is 0.364. The van der Waals surface area contributed by atoms with Crippen LogP contribution in [0.15, 0.2) is 12.1 Å². The van der Waals surface area contributed by atoms with Gasteiger partial charge in [0, 0.05) is 0 Å². The lowest BCUT2D eigenvalue weighted by Gasteiger charge is -2.26. The molecular weight excluding hydrogens is 257 g/mol. The molecule has 7 heteroatoms. The van der Waals surface area contributed by atoms with Crippen molar-refractivity contribution in [1.29, 1.82) is 0 Å². The number of benzene rings is 1. The first kappa shape index (κ1) is 14.6. The third-order valence-electron chi connectivity index (χ3n) is 2.58. The first-order valence-electron chi connectivity index (χ1n) is 4.85. The molecule has 0 saturated carbocycles. The molecule has 1 rings (SSSR count). The monoisotopic (exact) mass is 267 g/mol. The highest BCUT2D eigenvalue weighted by Gasteiger charge is 2.54. The van der Waals surface area contributed by atoms with Crippen molar-refractivity contribution >= 4 is 5.78 Å². The lowest BCUT2D eigenvalue weighted by Crippen LogP contribution is -2.57. The van der Waals surface area contributed by atoms with Crippen LogP contribution in [-0.2, 0) is 0 Å². The molecule has 0 aliphatic rings. The number of hydrogen-bond donors (Lipinski definition) is 1. The topological polar surface area (TPSA) is 43.1 Å². The van der Waals surface area contributed by atoms with Crippen LogP contribution in [0.4, 0.5) is 22.0 Å². The summed E-state index contributed by atoms with van der Waals surface area (Å²) in [7, 11) is 0. The zero-order chi connectivity index (χ0) is 14.3. The summed E-state index contributed by atoms with van der Waals surface area (Å²) >= 11 is 0. The number of ketones is 1. The Morgan fingerprint density at radius 2 is 1.67 bits per heavy atom. The van der Waals surface area contributed by atoms with Gasteiger partial charge in [0.25, 0.3) is 0 Å². The van der Waals surface area contributed by atoms with Gasteiger partial charge in [-0.25, -0.2) is 8.78 Å². The Hall–Kier alpha value is -1.50. The van der Waals surface area contributed by atoms with Gasteiger partial charge in [0.1, 0.15) is 0 Å². The molecule has 0 radical (unpaired) electrons. The summed E-state index contributed by atoms with van der Waals surface area (Å²) in [5, 5.41) is 0. The molecule has 2 nitrogen and oxygen atoms in total. The third-order valence-corrected chi connectivity index (χ3v) is 2.58. The molecule has 2 N–H and O–H groups in total. The SMILES string of the molecule is Cc1ccc(C(=O)C(C)(N)C(F)(F)F)c(F)c1F. The van der Waals surface area contributed by atoms with Crippen LogP contribution in [-0.4, -0.2) is 17.5 Å². The van der Waals surface area contributed by atoms with Crippen molar-refractivity contribution in [2.24, 2.45) is 5.73 Å². The van der Waals surface area contributed by atoms with Crippen LogP contribution in [0, 0.1) is 18.6 Å². The average Bonchev–Trinajstić information content (AvgIpc) is 2.24. The summed E-state index contributed by atoms with van der Waals surface area (Å²) < 4.78 is 64.2. The van der Waals surface area contributed by atoms with E-state index in [1.807, 2.05) is 0 Å². The summed E-state index contributed by atoms with van der Waals surface area (Å²) in [6.45, 7) is 1.63. The molecule has 0 heterocycles. The summed E-state index contributed by atoms with van der Waals surface area (Å²) in [4.78, 5) is 11.5. The number of Topliss-reactive ketones (excluding diaryl/α,β-unsaturated/α-hetero) is 1. The van der Waals surface area contributed by atoms with E-state index in [4.69, 9.17) is 5.73 Å². The number of halogens is 5. The summed E-state index contributed by atoms with van der Waals surface area (Å²) in [5.74, 6) is -4.70. The van der Waals surface area contributed by atoms with E-state index in [2.05, 4.69) is 0 Å². The van der Waals surface area contributed by atoms with Gasteiger partial charge in [-0.3, -0.25) is 4.79 Å². The smallest absolute Gasteiger partial charge is 0.311 e. The van der Waals surface area contributed by atoms with E-state index in [9.17, 15) is 26.7 Å². The molecule has 0 fully saturated rings. The minimum absolute atomic E-state index is 0.116. The minimum Gasteiger partial charge on any atom is -0.311 e. The van der Waals surface area contributed by atoms with E-state index in [0.717, 1.165) is 12.1 Å².